The maximum atomic E-state index is 4.01. The van der Waals surface area contributed by atoms with Crippen LogP contribution in [0.5, 0.6) is 0 Å². The third-order valence-electron chi connectivity index (χ3n) is 1.33. The fourth-order valence-corrected chi connectivity index (χ4v) is 0.829. The van der Waals surface area contributed by atoms with E-state index < -0.39 is 0 Å². The molecule has 0 N–H and O–H groups in total. The summed E-state index contributed by atoms with van der Waals surface area (Å²) < 4.78 is 0. The molecule has 0 saturated heterocycles. The largest absolute Gasteiger partial charge is 0.234 e. The fraction of sp³-hybridized carbons (Fsp3) is 0. The summed E-state index contributed by atoms with van der Waals surface area (Å²) in [5.74, 6) is 1.11. The number of hydrogen-bond donors (Lipinski definition) is 0. The first kappa shape index (κ1) is 13.3. The van der Waals surface area contributed by atoms with Gasteiger partial charge in [0.2, 0.25) is 0 Å². The summed E-state index contributed by atoms with van der Waals surface area (Å²) in [7, 11) is 0. The number of rotatable bonds is 1. The Morgan fingerprint density at radius 2 is 0.929 bits per heavy atom. The van der Waals surface area contributed by atoms with Gasteiger partial charge in [-0.2, -0.15) is 0 Å². The van der Waals surface area contributed by atoms with Gasteiger partial charge < -0.3 is 0 Å². The van der Waals surface area contributed by atoms with Gasteiger partial charge in [0.25, 0.3) is 0 Å². The Balaban J connectivity index is 0.000000845. The maximum absolute atomic E-state index is 4.01. The van der Waals surface area contributed by atoms with E-state index in [2.05, 4.69) is 19.9 Å². The summed E-state index contributed by atoms with van der Waals surface area (Å²) in [5, 5.41) is 0. The summed E-state index contributed by atoms with van der Waals surface area (Å²) in [6.07, 6.45) is 6.66. The van der Waals surface area contributed by atoms with Crippen LogP contribution in [0.15, 0.2) is 36.9 Å². The van der Waals surface area contributed by atoms with Crippen LogP contribution in [0.3, 0.4) is 0 Å². The molecule has 76 valence electrons. The Morgan fingerprint density at radius 1 is 0.643 bits per heavy atom. The van der Waals surface area contributed by atoms with Crippen LogP contribution >= 0.6 is 17.0 Å². The molecule has 0 amide bonds. The van der Waals surface area contributed by atoms with Crippen molar-refractivity contribution in [1.82, 2.24) is 19.9 Å². The van der Waals surface area contributed by atoms with Gasteiger partial charge in [0.05, 0.1) is 0 Å². The normalized spacial score (nSPS) is 8.29. The second-order valence-corrected chi connectivity index (χ2v) is 2.14. The summed E-state index contributed by atoms with van der Waals surface area (Å²) in [4.78, 5) is 16.1. The summed E-state index contributed by atoms with van der Waals surface area (Å²) in [6.45, 7) is 0. The van der Waals surface area contributed by atoms with Crippen molar-refractivity contribution in [2.24, 2.45) is 0 Å². The first-order valence-electron chi connectivity index (χ1n) is 3.51. The maximum Gasteiger partial charge on any atom is 0.197 e. The van der Waals surface area contributed by atoms with Crippen molar-refractivity contribution in [3.8, 4) is 11.6 Å². The molecule has 2 rings (SSSR count). The quantitative estimate of drug-likeness (QED) is 0.683. The zero-order valence-corrected chi connectivity index (χ0v) is 11.0. The summed E-state index contributed by atoms with van der Waals surface area (Å²) >= 11 is 0. The van der Waals surface area contributed by atoms with Crippen LogP contribution in [0.25, 0.3) is 11.6 Å². The molecule has 0 fully saturated rings. The molecule has 0 atom stereocenters. The van der Waals surface area contributed by atoms with Crippen molar-refractivity contribution in [1.29, 1.82) is 0 Å². The van der Waals surface area contributed by atoms with Gasteiger partial charge in [0, 0.05) is 45.9 Å². The second kappa shape index (κ2) is 6.73. The van der Waals surface area contributed by atoms with E-state index in [0.717, 1.165) is 0 Å². The van der Waals surface area contributed by atoms with Crippen LogP contribution in [0.2, 0.25) is 0 Å². The molecule has 0 spiro atoms. The number of halogens is 1. The Morgan fingerprint density at radius 3 is 1.21 bits per heavy atom. The van der Waals surface area contributed by atoms with Crippen LogP contribution in [0.4, 0.5) is 0 Å². The zero-order chi connectivity index (χ0) is 8.23. The molecule has 14 heavy (non-hydrogen) atoms. The first-order chi connectivity index (χ1) is 5.97. The standard InChI is InChI=1S/C8H6N4.BrH.Pt/c1-3-9-7(10-4-1)8-11-5-2-6-12-8;;/h1-6H;1H;. The smallest absolute Gasteiger partial charge is 0.197 e. The molecule has 4 nitrogen and oxygen atoms in total. The Bertz CT molecular complexity index is 319. The Hall–Kier alpha value is -0.672. The van der Waals surface area contributed by atoms with Crippen LogP contribution in [0.1, 0.15) is 0 Å². The van der Waals surface area contributed by atoms with Crippen LogP contribution in [-0.2, 0) is 21.1 Å². The fourth-order valence-electron chi connectivity index (χ4n) is 0.829. The van der Waals surface area contributed by atoms with Gasteiger partial charge in [0.1, 0.15) is 0 Å². The molecule has 0 unspecified atom stereocenters. The van der Waals surface area contributed by atoms with Crippen molar-refractivity contribution < 1.29 is 21.1 Å². The van der Waals surface area contributed by atoms with Gasteiger partial charge in [-0.3, -0.25) is 0 Å². The molecule has 0 saturated carbocycles. The first-order valence-corrected chi connectivity index (χ1v) is 3.51. The molecule has 0 bridgehead atoms. The molecular formula is C8H7BrN4Pt. The monoisotopic (exact) mass is 433 g/mol. The van der Waals surface area contributed by atoms with E-state index in [1.54, 1.807) is 36.9 Å². The van der Waals surface area contributed by atoms with E-state index in [4.69, 9.17) is 0 Å². The summed E-state index contributed by atoms with van der Waals surface area (Å²) in [6, 6.07) is 3.51. The van der Waals surface area contributed by atoms with Gasteiger partial charge in [-0.05, 0) is 12.1 Å². The molecule has 6 heteroatoms. The minimum atomic E-state index is 0. The number of nitrogens with zero attached hydrogens (tertiary/aromatic N) is 4. The van der Waals surface area contributed by atoms with E-state index in [1.807, 2.05) is 0 Å². The molecule has 2 aromatic heterocycles. The third kappa shape index (κ3) is 3.23. The predicted molar refractivity (Wildman–Crippen MR) is 53.4 cm³/mol. The topological polar surface area (TPSA) is 51.6 Å². The van der Waals surface area contributed by atoms with Crippen molar-refractivity contribution in [3.05, 3.63) is 36.9 Å². The Labute approximate surface area is 106 Å². The van der Waals surface area contributed by atoms with Gasteiger partial charge in [-0.1, -0.05) is 0 Å². The molecule has 0 aromatic carbocycles. The molecule has 2 heterocycles. The third-order valence-corrected chi connectivity index (χ3v) is 1.33. The van der Waals surface area contributed by atoms with E-state index >= 15 is 0 Å². The van der Waals surface area contributed by atoms with E-state index in [0.29, 0.717) is 11.6 Å². The van der Waals surface area contributed by atoms with Gasteiger partial charge in [0.15, 0.2) is 11.6 Å². The molecular weight excluding hydrogens is 427 g/mol. The number of hydrogen-bond acceptors (Lipinski definition) is 4. The average Bonchev–Trinajstić information content (AvgIpc) is 2.21. The molecule has 0 radical (unpaired) electrons. The molecule has 0 aliphatic rings. The second-order valence-electron chi connectivity index (χ2n) is 2.14. The van der Waals surface area contributed by atoms with Crippen molar-refractivity contribution >= 4 is 17.0 Å². The zero-order valence-electron chi connectivity index (χ0n) is 6.98. The number of aromatic nitrogens is 4. The van der Waals surface area contributed by atoms with Crippen molar-refractivity contribution in [2.45, 2.75) is 0 Å². The van der Waals surface area contributed by atoms with Crippen molar-refractivity contribution in [2.75, 3.05) is 0 Å². The van der Waals surface area contributed by atoms with E-state index in [-0.39, 0.29) is 38.0 Å². The predicted octanol–water partition coefficient (Wildman–Crippen LogP) is 1.51. The SMILES string of the molecule is Br.[Pt].c1cnc(-c2ncccn2)nc1. The minimum absolute atomic E-state index is 0. The molecule has 0 aliphatic heterocycles. The van der Waals surface area contributed by atoms with Crippen LogP contribution in [0, 0.1) is 0 Å². The average molecular weight is 434 g/mol. The van der Waals surface area contributed by atoms with Crippen LogP contribution in [-0.4, -0.2) is 19.9 Å². The van der Waals surface area contributed by atoms with Gasteiger partial charge in [-0.15, -0.1) is 17.0 Å². The molecule has 0 aliphatic carbocycles. The van der Waals surface area contributed by atoms with E-state index in [9.17, 15) is 0 Å². The van der Waals surface area contributed by atoms with E-state index in [1.165, 1.54) is 0 Å². The van der Waals surface area contributed by atoms with Gasteiger partial charge in [-0.25, -0.2) is 19.9 Å². The Kier molecular flexibility index (Phi) is 6.41. The summed E-state index contributed by atoms with van der Waals surface area (Å²) in [5.41, 5.74) is 0. The van der Waals surface area contributed by atoms with Crippen molar-refractivity contribution in [3.63, 3.8) is 0 Å². The van der Waals surface area contributed by atoms with Gasteiger partial charge >= 0.3 is 0 Å². The minimum Gasteiger partial charge on any atom is -0.234 e. The van der Waals surface area contributed by atoms with Crippen LogP contribution < -0.4 is 0 Å². The molecule has 2 aromatic rings.